The van der Waals surface area contributed by atoms with E-state index in [-0.39, 0.29) is 6.42 Å². The highest BCUT2D eigenvalue weighted by atomic mass is 16.6. The first-order valence-electron chi connectivity index (χ1n) is 12.1. The van der Waals surface area contributed by atoms with E-state index in [0.29, 0.717) is 6.42 Å². The Balaban J connectivity index is 3.25. The minimum Gasteiger partial charge on any atom is -0.476 e. The van der Waals surface area contributed by atoms with Crippen molar-refractivity contribution >= 4 is 5.97 Å². The zero-order chi connectivity index (χ0) is 21.6. The Morgan fingerprint density at radius 3 is 1.52 bits per heavy atom. The summed E-state index contributed by atoms with van der Waals surface area (Å²) in [5.41, 5.74) is 0. The molecular weight excluding hydrogens is 366 g/mol. The lowest BCUT2D eigenvalue weighted by Crippen LogP contribution is -2.28. The molecule has 170 valence electrons. The summed E-state index contributed by atoms with van der Waals surface area (Å²) in [5.74, 6) is -1.32. The van der Waals surface area contributed by atoms with Crippen LogP contribution in [0.3, 0.4) is 0 Å². The standard InChI is InChI=1S/C24H45NO4/c1-2-3-4-5-6-7-8-9-10-11-12-13-14-15-16-17-18-19-20-21-22-23(24(26)27)25(28)29/h9-10,23H,2-8,11-22H2,1H3,(H,26,27)/b10-9-. The first-order chi connectivity index (χ1) is 14.1. The molecule has 0 fully saturated rings. The van der Waals surface area contributed by atoms with Crippen LogP contribution in [0.5, 0.6) is 0 Å². The van der Waals surface area contributed by atoms with Crippen LogP contribution >= 0.6 is 0 Å². The molecule has 0 aliphatic rings. The van der Waals surface area contributed by atoms with Crippen LogP contribution in [-0.4, -0.2) is 22.0 Å². The number of carbonyl (C=O) groups is 1. The van der Waals surface area contributed by atoms with Crippen molar-refractivity contribution in [3.63, 3.8) is 0 Å². The van der Waals surface area contributed by atoms with Gasteiger partial charge in [0.25, 0.3) is 0 Å². The van der Waals surface area contributed by atoms with Crippen LogP contribution in [0.4, 0.5) is 0 Å². The summed E-state index contributed by atoms with van der Waals surface area (Å²) in [4.78, 5) is 20.6. The molecule has 29 heavy (non-hydrogen) atoms. The number of nitrogens with zero attached hydrogens (tertiary/aromatic N) is 1. The van der Waals surface area contributed by atoms with Gasteiger partial charge in [0.15, 0.2) is 0 Å². The van der Waals surface area contributed by atoms with Crippen molar-refractivity contribution in [1.82, 2.24) is 0 Å². The van der Waals surface area contributed by atoms with Crippen molar-refractivity contribution in [2.24, 2.45) is 0 Å². The highest BCUT2D eigenvalue weighted by Gasteiger charge is 2.27. The average molecular weight is 412 g/mol. The smallest absolute Gasteiger partial charge is 0.379 e. The summed E-state index contributed by atoms with van der Waals surface area (Å²) >= 11 is 0. The summed E-state index contributed by atoms with van der Waals surface area (Å²) < 4.78 is 0. The van der Waals surface area contributed by atoms with Gasteiger partial charge in [0.05, 0.1) is 0 Å². The van der Waals surface area contributed by atoms with E-state index in [2.05, 4.69) is 19.1 Å². The van der Waals surface area contributed by atoms with Crippen molar-refractivity contribution in [3.05, 3.63) is 22.3 Å². The summed E-state index contributed by atoms with van der Waals surface area (Å²) in [5, 5.41) is 19.4. The molecule has 5 heteroatoms. The number of unbranched alkanes of at least 4 members (excludes halogenated alkanes) is 16. The lowest BCUT2D eigenvalue weighted by molar-refractivity contribution is -0.511. The predicted octanol–water partition coefficient (Wildman–Crippen LogP) is 7.70. The second-order valence-corrected chi connectivity index (χ2v) is 8.28. The van der Waals surface area contributed by atoms with Crippen LogP contribution in [0.2, 0.25) is 0 Å². The van der Waals surface area contributed by atoms with Gasteiger partial charge in [-0.1, -0.05) is 103 Å². The third-order valence-corrected chi connectivity index (χ3v) is 5.53. The van der Waals surface area contributed by atoms with Gasteiger partial charge in [-0.15, -0.1) is 0 Å². The van der Waals surface area contributed by atoms with Crippen molar-refractivity contribution in [3.8, 4) is 0 Å². The predicted molar refractivity (Wildman–Crippen MR) is 121 cm³/mol. The van der Waals surface area contributed by atoms with Crippen molar-refractivity contribution < 1.29 is 14.8 Å². The first-order valence-corrected chi connectivity index (χ1v) is 12.1. The molecule has 0 aromatic carbocycles. The maximum atomic E-state index is 10.7. The average Bonchev–Trinajstić information content (AvgIpc) is 2.68. The van der Waals surface area contributed by atoms with Crippen LogP contribution in [0, 0.1) is 10.1 Å². The molecule has 5 nitrogen and oxygen atoms in total. The van der Waals surface area contributed by atoms with Crippen molar-refractivity contribution in [2.75, 3.05) is 0 Å². The zero-order valence-corrected chi connectivity index (χ0v) is 18.8. The Labute approximate surface area is 178 Å². The van der Waals surface area contributed by atoms with Gasteiger partial charge in [-0.25, -0.2) is 4.79 Å². The number of aliphatic carboxylic acids is 1. The highest BCUT2D eigenvalue weighted by molar-refractivity contribution is 5.71. The third kappa shape index (κ3) is 19.7. The number of carboxylic acid groups (broad SMARTS) is 1. The van der Waals surface area contributed by atoms with Gasteiger partial charge in [-0.05, 0) is 32.1 Å². The van der Waals surface area contributed by atoms with Crippen LogP contribution in [-0.2, 0) is 4.79 Å². The summed E-state index contributed by atoms with van der Waals surface area (Å²) in [6.45, 7) is 2.26. The lowest BCUT2D eigenvalue weighted by Gasteiger charge is -2.05. The number of carboxylic acids is 1. The molecule has 0 spiro atoms. The molecule has 0 heterocycles. The minimum atomic E-state index is -1.43. The van der Waals surface area contributed by atoms with E-state index >= 15 is 0 Å². The van der Waals surface area contributed by atoms with E-state index in [0.717, 1.165) is 19.3 Å². The number of hydrogen-bond acceptors (Lipinski definition) is 3. The molecule has 0 radical (unpaired) electrons. The molecule has 0 saturated heterocycles. The van der Waals surface area contributed by atoms with Crippen LogP contribution < -0.4 is 0 Å². The molecule has 0 amide bonds. The fourth-order valence-corrected chi connectivity index (χ4v) is 3.61. The Morgan fingerprint density at radius 1 is 0.759 bits per heavy atom. The van der Waals surface area contributed by atoms with Gasteiger partial charge in [0.2, 0.25) is 0 Å². The zero-order valence-electron chi connectivity index (χ0n) is 18.8. The topological polar surface area (TPSA) is 80.4 Å². The second kappa shape index (κ2) is 21.3. The molecule has 0 bridgehead atoms. The molecule has 0 rings (SSSR count). The minimum absolute atomic E-state index is 0.149. The second-order valence-electron chi connectivity index (χ2n) is 8.28. The normalized spacial score (nSPS) is 12.4. The molecule has 0 aromatic heterocycles. The van der Waals surface area contributed by atoms with Crippen molar-refractivity contribution in [2.45, 2.75) is 135 Å². The van der Waals surface area contributed by atoms with Crippen LogP contribution in [0.1, 0.15) is 129 Å². The Kier molecular flexibility index (Phi) is 20.3. The molecule has 0 saturated carbocycles. The molecule has 0 aliphatic heterocycles. The Morgan fingerprint density at radius 2 is 1.14 bits per heavy atom. The molecule has 0 aromatic rings. The van der Waals surface area contributed by atoms with E-state index in [4.69, 9.17) is 5.11 Å². The SMILES string of the molecule is CCCCCCCC/C=C\CCCCCCCCCCCCC(C(=O)O)[N+](=O)[O-]. The maximum Gasteiger partial charge on any atom is 0.379 e. The molecule has 0 aliphatic carbocycles. The van der Waals surface area contributed by atoms with Gasteiger partial charge in [0.1, 0.15) is 0 Å². The number of allylic oxidation sites excluding steroid dienone is 2. The highest BCUT2D eigenvalue weighted by Crippen LogP contribution is 2.14. The van der Waals surface area contributed by atoms with E-state index in [1.807, 2.05) is 0 Å². The van der Waals surface area contributed by atoms with Gasteiger partial charge in [0, 0.05) is 11.3 Å². The van der Waals surface area contributed by atoms with Gasteiger partial charge in [-0.2, -0.15) is 0 Å². The lowest BCUT2D eigenvalue weighted by atomic mass is 10.0. The van der Waals surface area contributed by atoms with Crippen LogP contribution in [0.15, 0.2) is 12.2 Å². The summed E-state index contributed by atoms with van der Waals surface area (Å²) in [6, 6.07) is -1.43. The fraction of sp³-hybridized carbons (Fsp3) is 0.875. The molecular formula is C24H45NO4. The quantitative estimate of drug-likeness (QED) is 0.0856. The Bertz CT molecular complexity index is 409. The molecule has 1 unspecified atom stereocenters. The van der Waals surface area contributed by atoms with E-state index in [9.17, 15) is 14.9 Å². The monoisotopic (exact) mass is 411 g/mol. The van der Waals surface area contributed by atoms with E-state index < -0.39 is 16.9 Å². The number of hydrogen-bond donors (Lipinski definition) is 1. The van der Waals surface area contributed by atoms with Crippen molar-refractivity contribution in [1.29, 1.82) is 0 Å². The van der Waals surface area contributed by atoms with Crippen LogP contribution in [0.25, 0.3) is 0 Å². The van der Waals surface area contributed by atoms with Gasteiger partial charge in [-0.3, -0.25) is 10.1 Å². The summed E-state index contributed by atoms with van der Waals surface area (Å²) in [7, 11) is 0. The fourth-order valence-electron chi connectivity index (χ4n) is 3.61. The summed E-state index contributed by atoms with van der Waals surface area (Å²) in [6.07, 6.45) is 27.0. The van der Waals surface area contributed by atoms with E-state index in [1.165, 1.54) is 89.9 Å². The number of rotatable bonds is 22. The Hall–Kier alpha value is -1.39. The van der Waals surface area contributed by atoms with Gasteiger partial charge >= 0.3 is 12.0 Å². The largest absolute Gasteiger partial charge is 0.476 e. The maximum absolute atomic E-state index is 10.7. The number of nitro groups is 1. The molecule has 1 N–H and O–H groups in total. The first kappa shape index (κ1) is 27.6. The third-order valence-electron chi connectivity index (χ3n) is 5.53. The van der Waals surface area contributed by atoms with E-state index in [1.54, 1.807) is 0 Å². The molecule has 1 atom stereocenters. The van der Waals surface area contributed by atoms with Gasteiger partial charge < -0.3 is 5.11 Å².